The molecule has 27 heavy (non-hydrogen) atoms. The van der Waals surface area contributed by atoms with Gasteiger partial charge in [0, 0.05) is 25.2 Å². The molecule has 2 aliphatic heterocycles. The van der Waals surface area contributed by atoms with Gasteiger partial charge in [-0.3, -0.25) is 0 Å². The minimum Gasteiger partial charge on any atom is -0.496 e. The summed E-state index contributed by atoms with van der Waals surface area (Å²) in [6.07, 6.45) is 0. The minimum atomic E-state index is -3.79. The van der Waals surface area contributed by atoms with E-state index in [2.05, 4.69) is 5.32 Å². The van der Waals surface area contributed by atoms with Gasteiger partial charge in [-0.05, 0) is 18.2 Å². The van der Waals surface area contributed by atoms with E-state index < -0.39 is 10.0 Å². The van der Waals surface area contributed by atoms with E-state index in [0.717, 1.165) is 5.56 Å². The Morgan fingerprint density at radius 1 is 1.11 bits per heavy atom. The number of methoxy groups -OCH3 is 1. The molecule has 7 nitrogen and oxygen atoms in total. The maximum Gasteiger partial charge on any atom is 0.247 e. The van der Waals surface area contributed by atoms with E-state index in [9.17, 15) is 8.42 Å². The quantitative estimate of drug-likeness (QED) is 0.858. The van der Waals surface area contributed by atoms with Crippen LogP contribution in [-0.4, -0.2) is 52.7 Å². The highest BCUT2D eigenvalue weighted by Gasteiger charge is 2.38. The second-order valence-corrected chi connectivity index (χ2v) is 8.22. The van der Waals surface area contributed by atoms with Gasteiger partial charge in [0.25, 0.3) is 0 Å². The number of hydrogen-bond donors (Lipinski definition) is 1. The summed E-state index contributed by atoms with van der Waals surface area (Å²) < 4.78 is 45.3. The topological polar surface area (TPSA) is 77.1 Å². The summed E-state index contributed by atoms with van der Waals surface area (Å²) in [5, 5.41) is 3.28. The van der Waals surface area contributed by atoms with Crippen molar-refractivity contribution in [2.75, 3.05) is 40.0 Å². The molecule has 2 aromatic carbocycles. The summed E-state index contributed by atoms with van der Waals surface area (Å²) in [7, 11) is -2.20. The number of ether oxygens (including phenoxy) is 3. The number of fused-ring (bicyclic) bond motifs is 1. The normalized spacial score (nSPS) is 20.3. The van der Waals surface area contributed by atoms with Crippen molar-refractivity contribution >= 4 is 10.0 Å². The zero-order chi connectivity index (χ0) is 18.9. The maximum atomic E-state index is 13.6. The van der Waals surface area contributed by atoms with E-state index in [0.29, 0.717) is 50.1 Å². The summed E-state index contributed by atoms with van der Waals surface area (Å²) in [6, 6.07) is 12.1. The molecule has 2 aromatic rings. The fourth-order valence-corrected chi connectivity index (χ4v) is 5.31. The molecule has 0 radical (unpaired) electrons. The van der Waals surface area contributed by atoms with Crippen LogP contribution in [0, 0.1) is 0 Å². The lowest BCUT2D eigenvalue weighted by Crippen LogP contribution is -2.48. The van der Waals surface area contributed by atoms with Gasteiger partial charge in [0.1, 0.15) is 23.9 Å². The van der Waals surface area contributed by atoms with Crippen molar-refractivity contribution in [3.63, 3.8) is 0 Å². The molecule has 0 saturated carbocycles. The molecule has 2 aliphatic rings. The van der Waals surface area contributed by atoms with Gasteiger partial charge < -0.3 is 19.5 Å². The molecule has 8 heteroatoms. The van der Waals surface area contributed by atoms with Crippen molar-refractivity contribution in [1.82, 2.24) is 9.62 Å². The highest BCUT2D eigenvalue weighted by Crippen LogP contribution is 2.40. The Hall–Kier alpha value is -2.29. The van der Waals surface area contributed by atoms with Crippen molar-refractivity contribution in [1.29, 1.82) is 0 Å². The van der Waals surface area contributed by atoms with Crippen LogP contribution in [0.4, 0.5) is 0 Å². The third-order valence-electron chi connectivity index (χ3n) is 4.81. The van der Waals surface area contributed by atoms with E-state index in [4.69, 9.17) is 14.2 Å². The Balaban J connectivity index is 1.78. The molecule has 0 amide bonds. The molecule has 1 atom stereocenters. The number of sulfonamides is 1. The van der Waals surface area contributed by atoms with E-state index in [1.54, 1.807) is 25.3 Å². The number of benzene rings is 2. The number of hydrogen-bond acceptors (Lipinski definition) is 6. The third kappa shape index (κ3) is 3.24. The molecule has 0 spiro atoms. The Kier molecular flexibility index (Phi) is 4.94. The Morgan fingerprint density at radius 3 is 2.78 bits per heavy atom. The molecule has 1 saturated heterocycles. The summed E-state index contributed by atoms with van der Waals surface area (Å²) in [6.45, 7) is 2.18. The van der Waals surface area contributed by atoms with Crippen LogP contribution in [0.15, 0.2) is 47.4 Å². The first-order valence-corrected chi connectivity index (χ1v) is 10.3. The fraction of sp³-hybridized carbons (Fsp3) is 0.368. The van der Waals surface area contributed by atoms with Gasteiger partial charge in [0.15, 0.2) is 11.5 Å². The van der Waals surface area contributed by atoms with Crippen molar-refractivity contribution in [3.05, 3.63) is 48.0 Å². The zero-order valence-corrected chi connectivity index (χ0v) is 15.9. The summed E-state index contributed by atoms with van der Waals surface area (Å²) in [5.74, 6) is 1.42. The SMILES string of the molecule is COc1ccccc1C1CNCCN1S(=O)(=O)c1cccc2c1OCCO2. The predicted molar refractivity (Wildman–Crippen MR) is 99.9 cm³/mol. The van der Waals surface area contributed by atoms with Gasteiger partial charge in [-0.25, -0.2) is 8.42 Å². The minimum absolute atomic E-state index is 0.140. The average molecular weight is 390 g/mol. The van der Waals surface area contributed by atoms with Crippen molar-refractivity contribution < 1.29 is 22.6 Å². The first kappa shape index (κ1) is 18.1. The highest BCUT2D eigenvalue weighted by atomic mass is 32.2. The first-order chi connectivity index (χ1) is 13.1. The van der Waals surface area contributed by atoms with Crippen LogP contribution in [0.25, 0.3) is 0 Å². The Labute approximate surface area is 158 Å². The van der Waals surface area contributed by atoms with Gasteiger partial charge in [0.2, 0.25) is 10.0 Å². The molecular formula is C19H22N2O5S. The molecule has 0 aromatic heterocycles. The smallest absolute Gasteiger partial charge is 0.247 e. The molecule has 144 valence electrons. The van der Waals surface area contributed by atoms with Gasteiger partial charge in [0.05, 0.1) is 13.2 Å². The summed E-state index contributed by atoms with van der Waals surface area (Å²) >= 11 is 0. The number of nitrogens with one attached hydrogen (secondary N) is 1. The zero-order valence-electron chi connectivity index (χ0n) is 15.1. The van der Waals surface area contributed by atoms with Crippen LogP contribution in [0.3, 0.4) is 0 Å². The van der Waals surface area contributed by atoms with Crippen LogP contribution in [0.2, 0.25) is 0 Å². The standard InChI is InChI=1S/C19H22N2O5S/c1-24-16-6-3-2-5-14(16)15-13-20-9-10-21(15)27(22,23)18-8-4-7-17-19(18)26-12-11-25-17/h2-8,15,20H,9-13H2,1H3. The molecular weight excluding hydrogens is 368 g/mol. The predicted octanol–water partition coefficient (Wildman–Crippen LogP) is 1.80. The van der Waals surface area contributed by atoms with E-state index in [1.807, 2.05) is 24.3 Å². The Bertz CT molecular complexity index is 931. The van der Waals surface area contributed by atoms with Crippen LogP contribution in [0.1, 0.15) is 11.6 Å². The lowest BCUT2D eigenvalue weighted by molar-refractivity contribution is 0.166. The van der Waals surface area contributed by atoms with Crippen molar-refractivity contribution in [3.8, 4) is 17.2 Å². The molecule has 4 rings (SSSR count). The molecule has 0 aliphatic carbocycles. The van der Waals surface area contributed by atoms with Crippen LogP contribution in [0.5, 0.6) is 17.2 Å². The maximum absolute atomic E-state index is 13.6. The van der Waals surface area contributed by atoms with E-state index in [-0.39, 0.29) is 10.9 Å². The number of nitrogens with zero attached hydrogens (tertiary/aromatic N) is 1. The number of piperazine rings is 1. The van der Waals surface area contributed by atoms with Crippen LogP contribution >= 0.6 is 0 Å². The van der Waals surface area contributed by atoms with Gasteiger partial charge >= 0.3 is 0 Å². The van der Waals surface area contributed by atoms with Gasteiger partial charge in [-0.1, -0.05) is 24.3 Å². The van der Waals surface area contributed by atoms with Crippen LogP contribution < -0.4 is 19.5 Å². The second kappa shape index (κ2) is 7.38. The monoisotopic (exact) mass is 390 g/mol. The summed E-state index contributed by atoms with van der Waals surface area (Å²) in [5.41, 5.74) is 0.831. The highest BCUT2D eigenvalue weighted by molar-refractivity contribution is 7.89. The lowest BCUT2D eigenvalue weighted by atomic mass is 10.0. The number of rotatable bonds is 4. The largest absolute Gasteiger partial charge is 0.496 e. The van der Waals surface area contributed by atoms with Gasteiger partial charge in [-0.15, -0.1) is 0 Å². The summed E-state index contributed by atoms with van der Waals surface area (Å²) in [4.78, 5) is 0.140. The molecule has 1 unspecified atom stereocenters. The molecule has 2 heterocycles. The first-order valence-electron chi connectivity index (χ1n) is 8.87. The molecule has 0 bridgehead atoms. The van der Waals surface area contributed by atoms with E-state index in [1.165, 1.54) is 4.31 Å². The van der Waals surface area contributed by atoms with E-state index >= 15 is 0 Å². The van der Waals surface area contributed by atoms with Gasteiger partial charge in [-0.2, -0.15) is 4.31 Å². The van der Waals surface area contributed by atoms with Crippen molar-refractivity contribution in [2.24, 2.45) is 0 Å². The molecule has 1 fully saturated rings. The second-order valence-electron chi connectivity index (χ2n) is 6.36. The fourth-order valence-electron chi connectivity index (χ4n) is 3.56. The average Bonchev–Trinajstić information content (AvgIpc) is 2.73. The molecule has 1 N–H and O–H groups in total. The third-order valence-corrected chi connectivity index (χ3v) is 6.74. The Morgan fingerprint density at radius 2 is 1.93 bits per heavy atom. The number of para-hydroxylation sites is 2. The van der Waals surface area contributed by atoms with Crippen LogP contribution in [-0.2, 0) is 10.0 Å². The lowest BCUT2D eigenvalue weighted by Gasteiger charge is -2.36. The van der Waals surface area contributed by atoms with Crippen molar-refractivity contribution in [2.45, 2.75) is 10.9 Å².